The van der Waals surface area contributed by atoms with E-state index in [0.29, 0.717) is 24.5 Å². The molecule has 0 aromatic carbocycles. The zero-order valence-electron chi connectivity index (χ0n) is 10.7. The molecule has 0 bridgehead atoms. The Balaban J connectivity index is 2.05. The van der Waals surface area contributed by atoms with Crippen molar-refractivity contribution >= 4 is 17.7 Å². The summed E-state index contributed by atoms with van der Waals surface area (Å²) in [7, 11) is 0. The smallest absolute Gasteiger partial charge is 0.356 e. The summed E-state index contributed by atoms with van der Waals surface area (Å²) >= 11 is 1.93. The molecule has 3 rings (SSSR count). The average Bonchev–Trinajstić information content (AvgIpc) is 2.81. The van der Waals surface area contributed by atoms with Gasteiger partial charge in [-0.2, -0.15) is 11.8 Å². The Labute approximate surface area is 116 Å². The van der Waals surface area contributed by atoms with Crippen LogP contribution in [0, 0.1) is 0 Å². The van der Waals surface area contributed by atoms with Crippen LogP contribution >= 0.6 is 11.8 Å². The summed E-state index contributed by atoms with van der Waals surface area (Å²) in [4.78, 5) is 15.7. The molecule has 1 aromatic heterocycles. The zero-order chi connectivity index (χ0) is 13.4. The summed E-state index contributed by atoms with van der Waals surface area (Å²) in [5, 5.41) is 19.5. The second-order valence-corrected chi connectivity index (χ2v) is 6.42. The lowest BCUT2D eigenvalue weighted by Gasteiger charge is -2.27. The summed E-state index contributed by atoms with van der Waals surface area (Å²) < 4.78 is 1.80. The summed E-state index contributed by atoms with van der Waals surface area (Å²) in [6, 6.07) is 0. The molecule has 2 N–H and O–H groups in total. The van der Waals surface area contributed by atoms with Gasteiger partial charge < -0.3 is 14.8 Å². The molecule has 0 aliphatic carbocycles. The predicted octanol–water partition coefficient (Wildman–Crippen LogP) is 2.02. The van der Waals surface area contributed by atoms with E-state index >= 15 is 0 Å². The van der Waals surface area contributed by atoms with E-state index < -0.39 is 12.2 Å². The number of aromatic nitrogens is 2. The van der Waals surface area contributed by atoms with Crippen LogP contribution in [0.4, 0.5) is 0 Å². The van der Waals surface area contributed by atoms with Gasteiger partial charge in [-0.05, 0) is 43.6 Å². The molecule has 19 heavy (non-hydrogen) atoms. The van der Waals surface area contributed by atoms with Crippen LogP contribution in [0.15, 0.2) is 0 Å². The van der Waals surface area contributed by atoms with Gasteiger partial charge in [0.15, 0.2) is 5.69 Å². The van der Waals surface area contributed by atoms with Crippen molar-refractivity contribution in [3.8, 4) is 0 Å². The first-order valence-electron chi connectivity index (χ1n) is 6.78. The number of carboxylic acid groups (broad SMARTS) is 1. The number of carbonyl (C=O) groups is 1. The molecule has 2 aliphatic heterocycles. The van der Waals surface area contributed by atoms with E-state index in [1.165, 1.54) is 0 Å². The molecule has 1 fully saturated rings. The highest BCUT2D eigenvalue weighted by Crippen LogP contribution is 2.36. The van der Waals surface area contributed by atoms with E-state index in [-0.39, 0.29) is 5.69 Å². The lowest BCUT2D eigenvalue weighted by molar-refractivity contribution is 0.0673. The number of aliphatic hydroxyl groups is 1. The Kier molecular flexibility index (Phi) is 3.54. The molecule has 1 aromatic rings. The topological polar surface area (TPSA) is 75.3 Å². The van der Waals surface area contributed by atoms with Crippen LogP contribution in [0.2, 0.25) is 0 Å². The molecule has 1 atom stereocenters. The number of hydrogen-bond acceptors (Lipinski definition) is 4. The summed E-state index contributed by atoms with van der Waals surface area (Å²) in [6.07, 6.45) is 3.66. The number of aromatic carboxylic acids is 1. The number of carboxylic acids is 1. The maximum Gasteiger partial charge on any atom is 0.356 e. The van der Waals surface area contributed by atoms with Gasteiger partial charge in [0.25, 0.3) is 0 Å². The van der Waals surface area contributed by atoms with E-state index in [1.54, 1.807) is 4.57 Å². The first kappa shape index (κ1) is 13.0. The molecule has 1 unspecified atom stereocenters. The third kappa shape index (κ3) is 2.27. The zero-order valence-corrected chi connectivity index (χ0v) is 11.5. The Morgan fingerprint density at radius 3 is 2.74 bits per heavy atom. The van der Waals surface area contributed by atoms with E-state index in [0.717, 1.165) is 36.6 Å². The van der Waals surface area contributed by atoms with Gasteiger partial charge in [-0.1, -0.05) is 0 Å². The number of nitrogens with zero attached hydrogens (tertiary/aromatic N) is 2. The Morgan fingerprint density at radius 2 is 2.05 bits per heavy atom. The average molecular weight is 282 g/mol. The van der Waals surface area contributed by atoms with Crippen molar-refractivity contribution in [2.45, 2.75) is 44.2 Å². The normalized spacial score (nSPS) is 24.2. The Hall–Kier alpha value is -1.01. The molecule has 2 aliphatic rings. The van der Waals surface area contributed by atoms with Crippen molar-refractivity contribution in [2.24, 2.45) is 0 Å². The van der Waals surface area contributed by atoms with Crippen LogP contribution in [0.25, 0.3) is 0 Å². The molecular weight excluding hydrogens is 264 g/mol. The number of hydrogen-bond donors (Lipinski definition) is 2. The summed E-state index contributed by atoms with van der Waals surface area (Å²) in [6.45, 7) is 0. The minimum Gasteiger partial charge on any atom is -0.476 e. The highest BCUT2D eigenvalue weighted by Gasteiger charge is 2.32. The van der Waals surface area contributed by atoms with Gasteiger partial charge in [0.05, 0.1) is 5.69 Å². The lowest BCUT2D eigenvalue weighted by Crippen LogP contribution is -2.22. The van der Waals surface area contributed by atoms with Crippen molar-refractivity contribution in [3.63, 3.8) is 0 Å². The molecule has 0 saturated carbocycles. The van der Waals surface area contributed by atoms with Gasteiger partial charge >= 0.3 is 5.97 Å². The lowest BCUT2D eigenvalue weighted by atomic mass is 10.0. The second-order valence-electron chi connectivity index (χ2n) is 5.20. The summed E-state index contributed by atoms with van der Waals surface area (Å²) in [5.74, 6) is 2.28. The molecule has 6 heteroatoms. The highest BCUT2D eigenvalue weighted by atomic mass is 32.2. The molecule has 0 amide bonds. The largest absolute Gasteiger partial charge is 0.476 e. The van der Waals surface area contributed by atoms with E-state index in [9.17, 15) is 15.0 Å². The maximum absolute atomic E-state index is 11.3. The van der Waals surface area contributed by atoms with Crippen LogP contribution < -0.4 is 0 Å². The first-order chi connectivity index (χ1) is 9.18. The number of thioether (sulfide) groups is 1. The van der Waals surface area contributed by atoms with Crippen molar-refractivity contribution in [1.82, 2.24) is 9.55 Å². The van der Waals surface area contributed by atoms with Crippen LogP contribution in [0.5, 0.6) is 0 Å². The Morgan fingerprint density at radius 1 is 1.32 bits per heavy atom. The molecular formula is C13H18N2O3S. The molecule has 1 saturated heterocycles. The fourth-order valence-electron chi connectivity index (χ4n) is 3.05. The van der Waals surface area contributed by atoms with Crippen LogP contribution in [-0.4, -0.2) is 37.2 Å². The third-order valence-electron chi connectivity index (χ3n) is 4.00. The van der Waals surface area contributed by atoms with Crippen molar-refractivity contribution in [2.75, 3.05) is 11.5 Å². The standard InChI is InChI=1S/C13H18N2O3S/c16-10-3-1-2-9-11(13(17)18)14-12(15(9)10)8-4-6-19-7-5-8/h8,10,16H,1-7H2,(H,17,18). The predicted molar refractivity (Wildman–Crippen MR) is 72.7 cm³/mol. The minimum atomic E-state index is -0.978. The van der Waals surface area contributed by atoms with Crippen LogP contribution in [0.3, 0.4) is 0 Å². The quantitative estimate of drug-likeness (QED) is 0.868. The monoisotopic (exact) mass is 282 g/mol. The molecule has 3 heterocycles. The number of fused-ring (bicyclic) bond motifs is 1. The van der Waals surface area contributed by atoms with Gasteiger partial charge in [0.2, 0.25) is 0 Å². The molecule has 0 radical (unpaired) electrons. The van der Waals surface area contributed by atoms with Crippen LogP contribution in [0.1, 0.15) is 59.8 Å². The minimum absolute atomic E-state index is 0.145. The highest BCUT2D eigenvalue weighted by molar-refractivity contribution is 7.99. The van der Waals surface area contributed by atoms with Gasteiger partial charge in [-0.15, -0.1) is 0 Å². The Bertz CT molecular complexity index is 494. The van der Waals surface area contributed by atoms with Gasteiger partial charge in [-0.25, -0.2) is 9.78 Å². The van der Waals surface area contributed by atoms with E-state index in [2.05, 4.69) is 4.98 Å². The fourth-order valence-corrected chi connectivity index (χ4v) is 4.16. The van der Waals surface area contributed by atoms with Gasteiger partial charge in [0.1, 0.15) is 12.1 Å². The van der Waals surface area contributed by atoms with Gasteiger partial charge in [-0.3, -0.25) is 0 Å². The molecule has 0 spiro atoms. The number of imidazole rings is 1. The van der Waals surface area contributed by atoms with Crippen molar-refractivity contribution in [1.29, 1.82) is 0 Å². The third-order valence-corrected chi connectivity index (χ3v) is 5.05. The van der Waals surface area contributed by atoms with Crippen LogP contribution in [-0.2, 0) is 6.42 Å². The van der Waals surface area contributed by atoms with Crippen molar-refractivity contribution < 1.29 is 15.0 Å². The SMILES string of the molecule is O=C(O)c1nc(C2CCSCC2)n2c1CCCC2O. The van der Waals surface area contributed by atoms with E-state index in [1.807, 2.05) is 11.8 Å². The first-order valence-corrected chi connectivity index (χ1v) is 7.94. The fraction of sp³-hybridized carbons (Fsp3) is 0.692. The number of aliphatic hydroxyl groups excluding tert-OH is 1. The van der Waals surface area contributed by atoms with Crippen molar-refractivity contribution in [3.05, 3.63) is 17.2 Å². The second kappa shape index (κ2) is 5.17. The maximum atomic E-state index is 11.3. The van der Waals surface area contributed by atoms with E-state index in [4.69, 9.17) is 0 Å². The number of rotatable bonds is 2. The molecule has 104 valence electrons. The molecule has 5 nitrogen and oxygen atoms in total. The summed E-state index contributed by atoms with van der Waals surface area (Å²) in [5.41, 5.74) is 0.853. The van der Waals surface area contributed by atoms with Gasteiger partial charge in [0, 0.05) is 5.92 Å².